The second-order valence-electron chi connectivity index (χ2n) is 7.05. The van der Waals surface area contributed by atoms with E-state index in [0.29, 0.717) is 41.9 Å². The number of amides is 1. The molecule has 154 valence electrons. The van der Waals surface area contributed by atoms with E-state index in [-0.39, 0.29) is 18.0 Å². The number of benzene rings is 2. The highest BCUT2D eigenvalue weighted by Crippen LogP contribution is 2.32. The highest BCUT2D eigenvalue weighted by atomic mass is 35.5. The van der Waals surface area contributed by atoms with Gasteiger partial charge in [-0.2, -0.15) is 0 Å². The molecule has 0 spiro atoms. The molecule has 1 fully saturated rings. The molecule has 0 atom stereocenters. The summed E-state index contributed by atoms with van der Waals surface area (Å²) >= 11 is 12.4. The van der Waals surface area contributed by atoms with Crippen LogP contribution in [-0.4, -0.2) is 46.5 Å². The van der Waals surface area contributed by atoms with Gasteiger partial charge in [0.15, 0.2) is 0 Å². The molecule has 1 saturated heterocycles. The summed E-state index contributed by atoms with van der Waals surface area (Å²) in [6, 6.07) is 16.5. The fourth-order valence-corrected chi connectivity index (χ4v) is 3.91. The van der Waals surface area contributed by atoms with Crippen LogP contribution in [0.2, 0.25) is 10.0 Å². The van der Waals surface area contributed by atoms with Gasteiger partial charge >= 0.3 is 0 Å². The van der Waals surface area contributed by atoms with Crippen LogP contribution in [0.15, 0.2) is 65.7 Å². The minimum absolute atomic E-state index is 0.0289. The number of hydrogen-bond donors (Lipinski definition) is 0. The number of halogens is 2. The van der Waals surface area contributed by atoms with Crippen LogP contribution in [0.25, 0.3) is 11.3 Å². The third-order valence-electron chi connectivity index (χ3n) is 5.16. The van der Waals surface area contributed by atoms with E-state index in [4.69, 9.17) is 23.2 Å². The van der Waals surface area contributed by atoms with Gasteiger partial charge in [-0.25, -0.2) is 4.98 Å². The van der Waals surface area contributed by atoms with Crippen molar-refractivity contribution in [3.05, 3.63) is 81.3 Å². The van der Waals surface area contributed by atoms with E-state index in [9.17, 15) is 9.59 Å². The van der Waals surface area contributed by atoms with Gasteiger partial charge < -0.3 is 9.80 Å². The maximum atomic E-state index is 12.7. The van der Waals surface area contributed by atoms with Gasteiger partial charge in [-0.05, 0) is 12.1 Å². The van der Waals surface area contributed by atoms with Gasteiger partial charge in [-0.3, -0.25) is 14.2 Å². The Morgan fingerprint density at radius 2 is 1.70 bits per heavy atom. The second kappa shape index (κ2) is 8.90. The monoisotopic (exact) mass is 442 g/mol. The van der Waals surface area contributed by atoms with Gasteiger partial charge in [0.2, 0.25) is 5.91 Å². The van der Waals surface area contributed by atoms with Gasteiger partial charge in [0, 0.05) is 37.8 Å². The minimum Gasteiger partial charge on any atom is -0.367 e. The maximum absolute atomic E-state index is 12.7. The van der Waals surface area contributed by atoms with Crippen LogP contribution in [-0.2, 0) is 11.3 Å². The predicted octanol–water partition coefficient (Wildman–Crippen LogP) is 3.57. The summed E-state index contributed by atoms with van der Waals surface area (Å²) in [7, 11) is 0. The average molecular weight is 443 g/mol. The number of rotatable bonds is 4. The Balaban J connectivity index is 1.39. The van der Waals surface area contributed by atoms with E-state index in [1.165, 1.54) is 17.0 Å². The molecule has 0 bridgehead atoms. The predicted molar refractivity (Wildman–Crippen MR) is 119 cm³/mol. The Labute approximate surface area is 184 Å². The van der Waals surface area contributed by atoms with Crippen LogP contribution in [0.3, 0.4) is 0 Å². The normalized spacial score (nSPS) is 14.1. The molecule has 8 heteroatoms. The molecule has 0 radical (unpaired) electrons. The molecule has 6 nitrogen and oxygen atoms in total. The number of carbonyl (C=O) groups excluding carboxylic acids is 1. The zero-order chi connectivity index (χ0) is 21.1. The van der Waals surface area contributed by atoms with Crippen LogP contribution in [0.5, 0.6) is 0 Å². The minimum atomic E-state index is -0.249. The van der Waals surface area contributed by atoms with Crippen molar-refractivity contribution in [3.63, 3.8) is 0 Å². The van der Waals surface area contributed by atoms with Crippen molar-refractivity contribution >= 4 is 34.8 Å². The molecule has 1 aliphatic rings. The third-order valence-corrected chi connectivity index (χ3v) is 5.97. The molecule has 1 aliphatic heterocycles. The van der Waals surface area contributed by atoms with Crippen LogP contribution in [0, 0.1) is 0 Å². The zero-order valence-corrected chi connectivity index (χ0v) is 17.7. The number of nitrogens with zero attached hydrogens (tertiary/aromatic N) is 4. The van der Waals surface area contributed by atoms with E-state index >= 15 is 0 Å². The molecular weight excluding hydrogens is 423 g/mol. The van der Waals surface area contributed by atoms with Crippen molar-refractivity contribution in [2.75, 3.05) is 31.1 Å². The first-order valence-corrected chi connectivity index (χ1v) is 10.4. The Hall–Kier alpha value is -2.83. The summed E-state index contributed by atoms with van der Waals surface area (Å²) in [5, 5.41) is 1.04. The lowest BCUT2D eigenvalue weighted by molar-refractivity contribution is -0.132. The number of piperazine rings is 1. The summed E-state index contributed by atoms with van der Waals surface area (Å²) in [5.41, 5.74) is 2.08. The first-order chi connectivity index (χ1) is 14.5. The van der Waals surface area contributed by atoms with Crippen molar-refractivity contribution in [3.8, 4) is 11.3 Å². The van der Waals surface area contributed by atoms with Crippen molar-refractivity contribution < 1.29 is 4.79 Å². The molecule has 1 aromatic heterocycles. The highest BCUT2D eigenvalue weighted by Gasteiger charge is 2.23. The van der Waals surface area contributed by atoms with Crippen LogP contribution in [0.4, 0.5) is 5.69 Å². The molecule has 0 unspecified atom stereocenters. The average Bonchev–Trinajstić information content (AvgIpc) is 2.78. The molecular formula is C22H20Cl2N4O2. The Morgan fingerprint density at radius 1 is 0.967 bits per heavy atom. The maximum Gasteiger partial charge on any atom is 0.254 e. The lowest BCUT2D eigenvalue weighted by Crippen LogP contribution is -2.50. The van der Waals surface area contributed by atoms with E-state index in [2.05, 4.69) is 9.88 Å². The van der Waals surface area contributed by atoms with E-state index in [1.54, 1.807) is 11.0 Å². The molecule has 2 heterocycles. The SMILES string of the molecule is O=C(Cn1cnc(-c2ccccc2)cc1=O)N1CCN(c2cccc(Cl)c2Cl)CC1. The van der Waals surface area contributed by atoms with Gasteiger partial charge in [0.25, 0.3) is 5.56 Å². The van der Waals surface area contributed by atoms with Gasteiger partial charge in [-0.15, -0.1) is 0 Å². The second-order valence-corrected chi connectivity index (χ2v) is 7.83. The van der Waals surface area contributed by atoms with Gasteiger partial charge in [0.1, 0.15) is 6.54 Å². The first kappa shape index (κ1) is 20.4. The third kappa shape index (κ3) is 4.35. The Kier molecular flexibility index (Phi) is 6.06. The van der Waals surface area contributed by atoms with Crippen molar-refractivity contribution in [2.24, 2.45) is 0 Å². The standard InChI is InChI=1S/C22H20Cl2N4O2/c23-17-7-4-8-19(22(17)24)26-9-11-27(12-10-26)21(30)14-28-15-25-18(13-20(28)29)16-5-2-1-3-6-16/h1-8,13,15H,9-12,14H2. The quantitative estimate of drug-likeness (QED) is 0.619. The molecule has 4 rings (SSSR count). The summed E-state index contributed by atoms with van der Waals surface area (Å²) in [6.45, 7) is 2.36. The van der Waals surface area contributed by atoms with Crippen LogP contribution < -0.4 is 10.5 Å². The molecule has 0 saturated carbocycles. The Morgan fingerprint density at radius 3 is 2.40 bits per heavy atom. The van der Waals surface area contributed by atoms with Crippen LogP contribution >= 0.6 is 23.2 Å². The molecule has 1 amide bonds. The number of anilines is 1. The van der Waals surface area contributed by atoms with E-state index < -0.39 is 0 Å². The molecule has 3 aromatic rings. The van der Waals surface area contributed by atoms with Crippen molar-refractivity contribution in [2.45, 2.75) is 6.54 Å². The summed E-state index contributed by atoms with van der Waals surface area (Å²) in [5.74, 6) is -0.108. The first-order valence-electron chi connectivity index (χ1n) is 9.61. The molecule has 30 heavy (non-hydrogen) atoms. The number of hydrogen-bond acceptors (Lipinski definition) is 4. The number of carbonyl (C=O) groups is 1. The van der Waals surface area contributed by atoms with E-state index in [0.717, 1.165) is 11.3 Å². The summed E-state index contributed by atoms with van der Waals surface area (Å²) < 4.78 is 1.34. The molecule has 0 N–H and O–H groups in total. The zero-order valence-electron chi connectivity index (χ0n) is 16.2. The summed E-state index contributed by atoms with van der Waals surface area (Å²) in [4.78, 5) is 33.4. The van der Waals surface area contributed by atoms with Crippen molar-refractivity contribution in [1.82, 2.24) is 14.5 Å². The topological polar surface area (TPSA) is 58.4 Å². The fourth-order valence-electron chi connectivity index (χ4n) is 3.49. The largest absolute Gasteiger partial charge is 0.367 e. The Bertz CT molecular complexity index is 1110. The van der Waals surface area contributed by atoms with Gasteiger partial charge in [-0.1, -0.05) is 59.6 Å². The van der Waals surface area contributed by atoms with Gasteiger partial charge in [0.05, 0.1) is 27.8 Å². The molecule has 0 aliphatic carbocycles. The molecule has 2 aromatic carbocycles. The highest BCUT2D eigenvalue weighted by molar-refractivity contribution is 6.43. The van der Waals surface area contributed by atoms with Crippen molar-refractivity contribution in [1.29, 1.82) is 0 Å². The van der Waals surface area contributed by atoms with E-state index in [1.807, 2.05) is 42.5 Å². The fraction of sp³-hybridized carbons (Fsp3) is 0.227. The smallest absolute Gasteiger partial charge is 0.254 e. The lowest BCUT2D eigenvalue weighted by Gasteiger charge is -2.36. The number of aromatic nitrogens is 2. The van der Waals surface area contributed by atoms with Crippen LogP contribution in [0.1, 0.15) is 0 Å². The summed E-state index contributed by atoms with van der Waals surface area (Å²) in [6.07, 6.45) is 1.44. The lowest BCUT2D eigenvalue weighted by atomic mass is 10.1.